The topological polar surface area (TPSA) is 0 Å². The van der Waals surface area contributed by atoms with Gasteiger partial charge in [-0.15, -0.1) is 0 Å². The third kappa shape index (κ3) is 5.26. The van der Waals surface area contributed by atoms with Crippen LogP contribution in [-0.4, -0.2) is 0 Å². The molecular formula is C31H35F5. The fourth-order valence-electron chi connectivity index (χ4n) is 6.99. The van der Waals surface area contributed by atoms with Crippen molar-refractivity contribution in [2.24, 2.45) is 17.8 Å². The second-order valence-corrected chi connectivity index (χ2v) is 11.5. The minimum Gasteiger partial charge on any atom is -0.206 e. The molecule has 1 unspecified atom stereocenters. The van der Waals surface area contributed by atoms with E-state index in [0.717, 1.165) is 61.1 Å². The summed E-state index contributed by atoms with van der Waals surface area (Å²) >= 11 is 0. The number of halogens is 5. The largest absolute Gasteiger partial charge is 0.206 e. The van der Waals surface area contributed by atoms with E-state index < -0.39 is 29.1 Å². The molecule has 0 heterocycles. The van der Waals surface area contributed by atoms with Crippen molar-refractivity contribution >= 4 is 5.57 Å². The van der Waals surface area contributed by atoms with Gasteiger partial charge in [0.25, 0.3) is 0 Å². The molecule has 2 aromatic carbocycles. The van der Waals surface area contributed by atoms with E-state index >= 15 is 8.78 Å². The molecule has 5 heteroatoms. The van der Waals surface area contributed by atoms with E-state index in [1.807, 2.05) is 0 Å². The van der Waals surface area contributed by atoms with Crippen molar-refractivity contribution in [3.05, 3.63) is 76.1 Å². The Labute approximate surface area is 211 Å². The molecule has 36 heavy (non-hydrogen) atoms. The second kappa shape index (κ2) is 10.7. The molecule has 0 saturated heterocycles. The summed E-state index contributed by atoms with van der Waals surface area (Å²) < 4.78 is 71.0. The Morgan fingerprint density at radius 1 is 0.583 bits per heavy atom. The van der Waals surface area contributed by atoms with Crippen LogP contribution in [0.25, 0.3) is 5.57 Å². The molecule has 2 fully saturated rings. The molecule has 0 amide bonds. The van der Waals surface area contributed by atoms with Gasteiger partial charge in [-0.1, -0.05) is 25.8 Å². The van der Waals surface area contributed by atoms with Crippen LogP contribution in [0.1, 0.15) is 106 Å². The van der Waals surface area contributed by atoms with Crippen LogP contribution in [0.3, 0.4) is 0 Å². The molecule has 2 aromatic rings. The molecule has 0 bridgehead atoms. The van der Waals surface area contributed by atoms with Gasteiger partial charge in [-0.25, -0.2) is 22.0 Å². The summed E-state index contributed by atoms with van der Waals surface area (Å²) in [6.07, 6.45) is 12.6. The van der Waals surface area contributed by atoms with Crippen LogP contribution in [0, 0.1) is 46.8 Å². The smallest absolute Gasteiger partial charge is 0.194 e. The zero-order valence-electron chi connectivity index (χ0n) is 20.9. The van der Waals surface area contributed by atoms with Gasteiger partial charge in [0.2, 0.25) is 0 Å². The summed E-state index contributed by atoms with van der Waals surface area (Å²) in [6.45, 7) is 2.34. The molecule has 1 atom stereocenters. The van der Waals surface area contributed by atoms with Crippen LogP contribution in [-0.2, 0) is 0 Å². The van der Waals surface area contributed by atoms with Crippen molar-refractivity contribution in [2.45, 2.75) is 89.4 Å². The minimum atomic E-state index is -1.48. The van der Waals surface area contributed by atoms with Gasteiger partial charge in [0.1, 0.15) is 11.6 Å². The van der Waals surface area contributed by atoms with Crippen LogP contribution >= 0.6 is 0 Å². The average Bonchev–Trinajstić information content (AvgIpc) is 2.87. The first-order valence-electron chi connectivity index (χ1n) is 13.6. The lowest BCUT2D eigenvalue weighted by Gasteiger charge is -2.37. The highest BCUT2D eigenvalue weighted by Gasteiger charge is 2.31. The third-order valence-corrected chi connectivity index (χ3v) is 9.24. The highest BCUT2D eigenvalue weighted by molar-refractivity contribution is 5.68. The van der Waals surface area contributed by atoms with Crippen LogP contribution in [0.4, 0.5) is 22.0 Å². The molecule has 194 valence electrons. The van der Waals surface area contributed by atoms with Crippen molar-refractivity contribution in [2.75, 3.05) is 0 Å². The first-order valence-corrected chi connectivity index (χ1v) is 13.6. The summed E-state index contributed by atoms with van der Waals surface area (Å²) in [6, 6.07) is 5.06. The Balaban J connectivity index is 1.25. The predicted molar refractivity (Wildman–Crippen MR) is 133 cm³/mol. The normalized spacial score (nSPS) is 29.2. The number of allylic oxidation sites excluding steroid dienone is 2. The van der Waals surface area contributed by atoms with E-state index in [2.05, 4.69) is 6.92 Å². The van der Waals surface area contributed by atoms with Gasteiger partial charge in [0.05, 0.1) is 0 Å². The summed E-state index contributed by atoms with van der Waals surface area (Å²) in [5.74, 6) is -2.55. The van der Waals surface area contributed by atoms with E-state index in [1.165, 1.54) is 37.8 Å². The van der Waals surface area contributed by atoms with Gasteiger partial charge in [0.15, 0.2) is 17.5 Å². The molecule has 0 radical (unpaired) electrons. The lowest BCUT2D eigenvalue weighted by atomic mass is 9.68. The molecule has 3 aliphatic carbocycles. The number of hydrogen-bond donors (Lipinski definition) is 0. The molecule has 0 N–H and O–H groups in total. The van der Waals surface area contributed by atoms with Crippen molar-refractivity contribution in [3.63, 3.8) is 0 Å². The predicted octanol–water partition coefficient (Wildman–Crippen LogP) is 9.83. The van der Waals surface area contributed by atoms with Crippen molar-refractivity contribution < 1.29 is 22.0 Å². The van der Waals surface area contributed by atoms with Gasteiger partial charge in [0, 0.05) is 5.56 Å². The van der Waals surface area contributed by atoms with Crippen LogP contribution < -0.4 is 0 Å². The highest BCUT2D eigenvalue weighted by Crippen LogP contribution is 2.45. The van der Waals surface area contributed by atoms with E-state index in [0.29, 0.717) is 30.4 Å². The van der Waals surface area contributed by atoms with Gasteiger partial charge in [-0.2, -0.15) is 0 Å². The summed E-state index contributed by atoms with van der Waals surface area (Å²) in [7, 11) is 0. The number of rotatable bonds is 4. The number of hydrogen-bond acceptors (Lipinski definition) is 0. The van der Waals surface area contributed by atoms with Crippen LogP contribution in [0.15, 0.2) is 30.3 Å². The lowest BCUT2D eigenvalue weighted by molar-refractivity contribution is 0.165. The maximum Gasteiger partial charge on any atom is 0.194 e. The van der Waals surface area contributed by atoms with Gasteiger partial charge in [-0.3, -0.25) is 0 Å². The monoisotopic (exact) mass is 502 g/mol. The van der Waals surface area contributed by atoms with E-state index in [4.69, 9.17) is 0 Å². The van der Waals surface area contributed by atoms with E-state index in [9.17, 15) is 13.2 Å². The average molecular weight is 503 g/mol. The van der Waals surface area contributed by atoms with Gasteiger partial charge < -0.3 is 0 Å². The second-order valence-electron chi connectivity index (χ2n) is 11.5. The Hall–Kier alpha value is -2.17. The standard InChI is InChI=1S/C31H35F5/c1-18-2-4-19(5-3-18)20-6-8-21(9-7-20)24-14-26(32)30(27(33)15-24)23-12-10-22(11-13-23)25-16-28(34)31(36)29(35)17-25/h12,14-22H,2-11,13H2,1H3. The first-order chi connectivity index (χ1) is 17.3. The minimum absolute atomic E-state index is 0.0127. The maximum absolute atomic E-state index is 15.2. The van der Waals surface area contributed by atoms with Crippen molar-refractivity contribution in [3.8, 4) is 0 Å². The molecule has 0 aliphatic heterocycles. The fourth-order valence-corrected chi connectivity index (χ4v) is 6.99. The third-order valence-electron chi connectivity index (χ3n) is 9.24. The molecule has 2 saturated carbocycles. The van der Waals surface area contributed by atoms with Gasteiger partial charge in [-0.05, 0) is 128 Å². The molecule has 0 spiro atoms. The zero-order chi connectivity index (χ0) is 25.4. The van der Waals surface area contributed by atoms with Crippen molar-refractivity contribution in [1.29, 1.82) is 0 Å². The molecule has 3 aliphatic rings. The van der Waals surface area contributed by atoms with E-state index in [-0.39, 0.29) is 17.4 Å². The van der Waals surface area contributed by atoms with E-state index in [1.54, 1.807) is 6.08 Å². The fraction of sp³-hybridized carbons (Fsp3) is 0.548. The quantitative estimate of drug-likeness (QED) is 0.288. The Kier molecular flexibility index (Phi) is 7.55. The van der Waals surface area contributed by atoms with Crippen LogP contribution in [0.5, 0.6) is 0 Å². The summed E-state index contributed by atoms with van der Waals surface area (Å²) in [4.78, 5) is 0. The Bertz CT molecular complexity index is 1070. The lowest BCUT2D eigenvalue weighted by Crippen LogP contribution is -2.24. The molecule has 0 aromatic heterocycles. The SMILES string of the molecule is CC1CCC(C2CCC(c3cc(F)c(C4=CCC(c5cc(F)c(F)c(F)c5)CC4)c(F)c3)CC2)CC1. The Morgan fingerprint density at radius 2 is 1.08 bits per heavy atom. The summed E-state index contributed by atoms with van der Waals surface area (Å²) in [5, 5.41) is 0. The van der Waals surface area contributed by atoms with Gasteiger partial charge >= 0.3 is 0 Å². The Morgan fingerprint density at radius 3 is 1.61 bits per heavy atom. The first kappa shape index (κ1) is 25.5. The maximum atomic E-state index is 15.2. The molecule has 5 rings (SSSR count). The van der Waals surface area contributed by atoms with Crippen LogP contribution in [0.2, 0.25) is 0 Å². The summed E-state index contributed by atoms with van der Waals surface area (Å²) in [5.41, 5.74) is 1.73. The highest BCUT2D eigenvalue weighted by atomic mass is 19.2. The zero-order valence-corrected chi connectivity index (χ0v) is 20.9. The number of benzene rings is 2. The molecule has 0 nitrogen and oxygen atoms in total. The van der Waals surface area contributed by atoms with Crippen molar-refractivity contribution in [1.82, 2.24) is 0 Å². The molecular weight excluding hydrogens is 467 g/mol.